The molecular formula is C45H27N3O3. The lowest BCUT2D eigenvalue weighted by molar-refractivity contribution is 0.663. The van der Waals surface area contributed by atoms with Gasteiger partial charge in [-0.05, 0) is 47.5 Å². The van der Waals surface area contributed by atoms with Crippen LogP contribution in [0, 0.1) is 0 Å². The minimum Gasteiger partial charge on any atom is -0.456 e. The first-order valence-electron chi connectivity index (χ1n) is 17.0. The third kappa shape index (κ3) is 4.30. The quantitative estimate of drug-likeness (QED) is 0.204. The molecule has 1 aliphatic heterocycles. The first-order valence-corrected chi connectivity index (χ1v) is 17.0. The summed E-state index contributed by atoms with van der Waals surface area (Å²) < 4.78 is 19.2. The number of benzene rings is 7. The molecule has 0 radical (unpaired) electrons. The molecule has 6 nitrogen and oxygen atoms in total. The monoisotopic (exact) mass is 657 g/mol. The van der Waals surface area contributed by atoms with Gasteiger partial charge in [-0.2, -0.15) is 0 Å². The van der Waals surface area contributed by atoms with E-state index in [1.165, 1.54) is 0 Å². The zero-order valence-corrected chi connectivity index (χ0v) is 27.1. The Balaban J connectivity index is 1.09. The first kappa shape index (κ1) is 28.0. The first-order chi connectivity index (χ1) is 25.3. The molecule has 1 aliphatic rings. The average Bonchev–Trinajstić information content (AvgIpc) is 3.89. The number of rotatable bonds is 4. The number of nitrogens with one attached hydrogen (secondary N) is 1. The highest BCUT2D eigenvalue weighted by Gasteiger charge is 2.25. The highest BCUT2D eigenvalue weighted by atomic mass is 16.3. The van der Waals surface area contributed by atoms with E-state index in [1.54, 1.807) is 0 Å². The maximum atomic E-state index is 6.48. The van der Waals surface area contributed by atoms with Crippen LogP contribution < -0.4 is 5.32 Å². The van der Waals surface area contributed by atoms with E-state index in [4.69, 9.17) is 23.2 Å². The van der Waals surface area contributed by atoms with Crippen molar-refractivity contribution in [2.45, 2.75) is 6.17 Å². The van der Waals surface area contributed by atoms with Crippen LogP contribution in [0.5, 0.6) is 0 Å². The van der Waals surface area contributed by atoms with Gasteiger partial charge in [-0.25, -0.2) is 9.98 Å². The number of fused-ring (bicyclic) bond motifs is 9. The summed E-state index contributed by atoms with van der Waals surface area (Å²) in [5, 5.41) is 10.0. The lowest BCUT2D eigenvalue weighted by Gasteiger charge is -2.24. The van der Waals surface area contributed by atoms with Crippen molar-refractivity contribution in [1.29, 1.82) is 0 Å². The van der Waals surface area contributed by atoms with Gasteiger partial charge in [0.05, 0.1) is 0 Å². The van der Waals surface area contributed by atoms with Gasteiger partial charge in [0, 0.05) is 49.0 Å². The summed E-state index contributed by atoms with van der Waals surface area (Å²) >= 11 is 0. The molecule has 1 N–H and O–H groups in total. The SMILES string of the molecule is c1ccc(C2=NC(c3ccc4oc5cccc(-c6cccc7c6oc6ccccc67)c5c4c3)NC(c3cccc4oc5ccccc5c34)=N2)cc1. The number of aliphatic imine (C=N–C) groups is 2. The van der Waals surface area contributed by atoms with Gasteiger partial charge in [-0.3, -0.25) is 0 Å². The van der Waals surface area contributed by atoms with E-state index in [0.717, 1.165) is 99.5 Å². The van der Waals surface area contributed by atoms with Gasteiger partial charge in [0.1, 0.15) is 45.5 Å². The zero-order valence-electron chi connectivity index (χ0n) is 27.1. The van der Waals surface area contributed by atoms with Crippen LogP contribution in [0.2, 0.25) is 0 Å². The second kappa shape index (κ2) is 10.8. The molecule has 0 bridgehead atoms. The smallest absolute Gasteiger partial charge is 0.159 e. The van der Waals surface area contributed by atoms with Crippen molar-refractivity contribution in [2.75, 3.05) is 0 Å². The van der Waals surface area contributed by atoms with Crippen molar-refractivity contribution in [3.8, 4) is 11.1 Å². The van der Waals surface area contributed by atoms with Crippen LogP contribution in [0.25, 0.3) is 76.9 Å². The van der Waals surface area contributed by atoms with Gasteiger partial charge < -0.3 is 18.6 Å². The Hall–Kier alpha value is -6.92. The van der Waals surface area contributed by atoms with Gasteiger partial charge in [0.15, 0.2) is 5.84 Å². The van der Waals surface area contributed by atoms with E-state index < -0.39 is 6.17 Å². The molecule has 0 fully saturated rings. The Bertz CT molecular complexity index is 3070. The third-order valence-electron chi connectivity index (χ3n) is 9.96. The molecule has 6 heteroatoms. The van der Waals surface area contributed by atoms with E-state index in [2.05, 4.69) is 66.0 Å². The number of furan rings is 3. The van der Waals surface area contributed by atoms with Crippen LogP contribution in [0.3, 0.4) is 0 Å². The Morgan fingerprint density at radius 2 is 1.06 bits per heavy atom. The van der Waals surface area contributed by atoms with Crippen molar-refractivity contribution in [3.63, 3.8) is 0 Å². The van der Waals surface area contributed by atoms with Crippen molar-refractivity contribution in [2.24, 2.45) is 9.98 Å². The second-order valence-corrected chi connectivity index (χ2v) is 12.9. The van der Waals surface area contributed by atoms with Gasteiger partial charge >= 0.3 is 0 Å². The number of nitrogens with zero attached hydrogens (tertiary/aromatic N) is 2. The summed E-state index contributed by atoms with van der Waals surface area (Å²) in [7, 11) is 0. The van der Waals surface area contributed by atoms with Gasteiger partial charge in [0.25, 0.3) is 0 Å². The van der Waals surface area contributed by atoms with E-state index >= 15 is 0 Å². The predicted molar refractivity (Wildman–Crippen MR) is 206 cm³/mol. The predicted octanol–water partition coefficient (Wildman–Crippen LogP) is 11.5. The topological polar surface area (TPSA) is 76.2 Å². The Kier molecular flexibility index (Phi) is 5.92. The average molecular weight is 658 g/mol. The van der Waals surface area contributed by atoms with Crippen molar-refractivity contribution < 1.29 is 13.3 Å². The number of hydrogen-bond acceptors (Lipinski definition) is 6. The molecule has 10 aromatic rings. The summed E-state index contributed by atoms with van der Waals surface area (Å²) in [6.45, 7) is 0. The van der Waals surface area contributed by atoms with Gasteiger partial charge in [-0.15, -0.1) is 0 Å². The minimum atomic E-state index is -0.415. The molecule has 4 heterocycles. The van der Waals surface area contributed by atoms with E-state index in [1.807, 2.05) is 91.0 Å². The summed E-state index contributed by atoms with van der Waals surface area (Å²) in [6, 6.07) is 51.5. The molecular weight excluding hydrogens is 631 g/mol. The zero-order chi connectivity index (χ0) is 33.5. The van der Waals surface area contributed by atoms with Crippen LogP contribution in [-0.2, 0) is 0 Å². The molecule has 0 spiro atoms. The highest BCUT2D eigenvalue weighted by molar-refractivity contribution is 6.22. The molecule has 1 unspecified atom stereocenters. The fraction of sp³-hybridized carbons (Fsp3) is 0.0222. The van der Waals surface area contributed by atoms with Crippen molar-refractivity contribution in [1.82, 2.24) is 5.32 Å². The Labute approximate surface area is 291 Å². The summed E-state index contributed by atoms with van der Waals surface area (Å²) in [5.74, 6) is 1.40. The fourth-order valence-corrected chi connectivity index (χ4v) is 7.64. The van der Waals surface area contributed by atoms with Gasteiger partial charge in [-0.1, -0.05) is 115 Å². The van der Waals surface area contributed by atoms with Crippen LogP contribution in [0.4, 0.5) is 0 Å². The molecule has 51 heavy (non-hydrogen) atoms. The lowest BCUT2D eigenvalue weighted by Crippen LogP contribution is -2.33. The van der Waals surface area contributed by atoms with E-state index in [-0.39, 0.29) is 0 Å². The normalized spacial score (nSPS) is 14.9. The van der Waals surface area contributed by atoms with Crippen LogP contribution in [0.15, 0.2) is 175 Å². The maximum absolute atomic E-state index is 6.48. The number of hydrogen-bond donors (Lipinski definition) is 1. The van der Waals surface area contributed by atoms with Crippen LogP contribution in [-0.4, -0.2) is 11.7 Å². The molecule has 3 aromatic heterocycles. The van der Waals surface area contributed by atoms with Crippen molar-refractivity contribution in [3.05, 3.63) is 168 Å². The molecule has 7 aromatic carbocycles. The molecule has 0 amide bonds. The van der Waals surface area contributed by atoms with E-state index in [9.17, 15) is 0 Å². The number of amidine groups is 2. The van der Waals surface area contributed by atoms with Gasteiger partial charge in [0.2, 0.25) is 0 Å². The Morgan fingerprint density at radius 1 is 0.451 bits per heavy atom. The number of para-hydroxylation sites is 3. The largest absolute Gasteiger partial charge is 0.456 e. The minimum absolute atomic E-state index is 0.415. The van der Waals surface area contributed by atoms with Crippen LogP contribution in [0.1, 0.15) is 22.9 Å². The second-order valence-electron chi connectivity index (χ2n) is 12.9. The third-order valence-corrected chi connectivity index (χ3v) is 9.96. The molecule has 11 rings (SSSR count). The molecule has 240 valence electrons. The fourth-order valence-electron chi connectivity index (χ4n) is 7.64. The molecule has 0 aliphatic carbocycles. The summed E-state index contributed by atoms with van der Waals surface area (Å²) in [4.78, 5) is 10.3. The van der Waals surface area contributed by atoms with Crippen LogP contribution >= 0.6 is 0 Å². The van der Waals surface area contributed by atoms with Crippen molar-refractivity contribution >= 4 is 77.5 Å². The summed E-state index contributed by atoms with van der Waals surface area (Å²) in [6.07, 6.45) is -0.415. The Morgan fingerprint density at radius 3 is 1.88 bits per heavy atom. The highest BCUT2D eigenvalue weighted by Crippen LogP contribution is 2.42. The standard InChI is InChI=1S/C45H27N3O3/c1-2-11-26(12-3-1)43-46-44(48-45(47-43)33-18-10-22-39-41(33)32-14-5-7-20-36(32)49-39)27-23-24-37-34(25-27)40-29(15-9-21-38(40)50-37)31-17-8-16-30-28-13-4-6-19-35(28)51-42(30)31/h1-25,44H,(H,46,47,48). The molecule has 1 atom stereocenters. The molecule has 0 saturated heterocycles. The maximum Gasteiger partial charge on any atom is 0.159 e. The lowest BCUT2D eigenvalue weighted by atomic mass is 9.96. The summed E-state index contributed by atoms with van der Waals surface area (Å²) in [5.41, 5.74) is 10.0. The van der Waals surface area contributed by atoms with E-state index in [0.29, 0.717) is 5.84 Å². The molecule has 0 saturated carbocycles.